The summed E-state index contributed by atoms with van der Waals surface area (Å²) in [4.78, 5) is 2.58. The second-order valence-electron chi connectivity index (χ2n) is 8.32. The van der Waals surface area contributed by atoms with E-state index in [4.69, 9.17) is 4.74 Å². The van der Waals surface area contributed by atoms with E-state index in [9.17, 15) is 4.39 Å². The molecule has 0 radical (unpaired) electrons. The first-order chi connectivity index (χ1) is 11.4. The van der Waals surface area contributed by atoms with Gasteiger partial charge in [-0.1, -0.05) is 12.1 Å². The number of piperidine rings is 1. The Morgan fingerprint density at radius 3 is 2.58 bits per heavy atom. The Balaban J connectivity index is 1.46. The van der Waals surface area contributed by atoms with Crippen LogP contribution in [0, 0.1) is 11.7 Å². The lowest BCUT2D eigenvalue weighted by Gasteiger charge is -2.41. The maximum Gasteiger partial charge on any atom is 0.165 e. The Hall–Kier alpha value is -1.13. The van der Waals surface area contributed by atoms with Gasteiger partial charge in [-0.3, -0.25) is 4.90 Å². The molecule has 1 aromatic rings. The van der Waals surface area contributed by atoms with Gasteiger partial charge in [0, 0.05) is 23.1 Å². The molecule has 1 saturated heterocycles. The first-order valence-electron chi connectivity index (χ1n) is 9.21. The van der Waals surface area contributed by atoms with Crippen molar-refractivity contribution in [2.45, 2.75) is 57.5 Å². The van der Waals surface area contributed by atoms with Gasteiger partial charge >= 0.3 is 0 Å². The van der Waals surface area contributed by atoms with Gasteiger partial charge in [0.05, 0.1) is 7.11 Å². The van der Waals surface area contributed by atoms with Crippen LogP contribution in [0.15, 0.2) is 18.2 Å². The Morgan fingerprint density at radius 2 is 1.96 bits per heavy atom. The second kappa shape index (κ2) is 7.01. The van der Waals surface area contributed by atoms with Crippen LogP contribution in [0.1, 0.15) is 51.5 Å². The maximum atomic E-state index is 13.8. The lowest BCUT2D eigenvalue weighted by Crippen LogP contribution is -2.47. The van der Waals surface area contributed by atoms with Crippen LogP contribution in [0.3, 0.4) is 0 Å². The first-order valence-corrected chi connectivity index (χ1v) is 9.21. The number of hydrogen-bond acceptors (Lipinski definition) is 3. The van der Waals surface area contributed by atoms with Crippen LogP contribution < -0.4 is 10.1 Å². The van der Waals surface area contributed by atoms with Crippen LogP contribution in [0.2, 0.25) is 0 Å². The van der Waals surface area contributed by atoms with Crippen LogP contribution >= 0.6 is 0 Å². The predicted molar refractivity (Wildman–Crippen MR) is 96.2 cm³/mol. The van der Waals surface area contributed by atoms with E-state index in [1.165, 1.54) is 32.0 Å². The van der Waals surface area contributed by atoms with Gasteiger partial charge in [0.25, 0.3) is 0 Å². The molecule has 0 amide bonds. The fourth-order valence-electron chi connectivity index (χ4n) is 3.92. The quantitative estimate of drug-likeness (QED) is 0.887. The van der Waals surface area contributed by atoms with Crippen LogP contribution in [0.25, 0.3) is 0 Å². The van der Waals surface area contributed by atoms with Gasteiger partial charge in [-0.25, -0.2) is 4.39 Å². The Labute approximate surface area is 145 Å². The van der Waals surface area contributed by atoms with E-state index in [1.807, 2.05) is 6.07 Å². The standard InChI is InChI=1S/C20H31FN2O/c1-20(2,3)23-10-8-14(9-11-23)13-22-18-12-16(18)15-6-5-7-17(21)19(15)24-4/h5-7,14,16,18,22H,8-13H2,1-4H3/t16-,18+/m0/s1. The zero-order valence-electron chi connectivity index (χ0n) is 15.4. The van der Waals surface area contributed by atoms with Gasteiger partial charge in [0.1, 0.15) is 0 Å². The van der Waals surface area contributed by atoms with Crippen molar-refractivity contribution in [2.75, 3.05) is 26.7 Å². The number of hydrogen-bond donors (Lipinski definition) is 1. The highest BCUT2D eigenvalue weighted by Gasteiger charge is 2.40. The van der Waals surface area contributed by atoms with E-state index < -0.39 is 0 Å². The molecule has 2 atom stereocenters. The number of benzene rings is 1. The summed E-state index contributed by atoms with van der Waals surface area (Å²) in [6.45, 7) is 10.4. The molecule has 0 spiro atoms. The highest BCUT2D eigenvalue weighted by molar-refractivity contribution is 5.41. The van der Waals surface area contributed by atoms with Crippen molar-refractivity contribution in [3.05, 3.63) is 29.6 Å². The molecule has 0 unspecified atom stereocenters. The van der Waals surface area contributed by atoms with Gasteiger partial charge in [-0.15, -0.1) is 0 Å². The molecule has 1 saturated carbocycles. The molecule has 1 aliphatic carbocycles. The molecular formula is C20H31FN2O. The van der Waals surface area contributed by atoms with Crippen LogP contribution in [-0.2, 0) is 0 Å². The fourth-order valence-corrected chi connectivity index (χ4v) is 3.92. The monoisotopic (exact) mass is 334 g/mol. The van der Waals surface area contributed by atoms with Crippen LogP contribution in [-0.4, -0.2) is 43.2 Å². The third-order valence-corrected chi connectivity index (χ3v) is 5.62. The average molecular weight is 334 g/mol. The Bertz CT molecular complexity index is 561. The van der Waals surface area contributed by atoms with E-state index >= 15 is 0 Å². The lowest BCUT2D eigenvalue weighted by atomic mass is 9.93. The third kappa shape index (κ3) is 3.92. The lowest BCUT2D eigenvalue weighted by molar-refractivity contribution is 0.0872. The summed E-state index contributed by atoms with van der Waals surface area (Å²) in [7, 11) is 1.55. The van der Waals surface area contributed by atoms with Crippen LogP contribution in [0.5, 0.6) is 5.75 Å². The van der Waals surface area contributed by atoms with Crippen molar-refractivity contribution >= 4 is 0 Å². The van der Waals surface area contributed by atoms with Gasteiger partial charge < -0.3 is 10.1 Å². The molecule has 0 bridgehead atoms. The minimum atomic E-state index is -0.254. The summed E-state index contributed by atoms with van der Waals surface area (Å²) in [6, 6.07) is 5.72. The molecule has 1 aromatic carbocycles. The van der Waals surface area contributed by atoms with Gasteiger partial charge in [-0.05, 0) is 71.7 Å². The summed E-state index contributed by atoms with van der Waals surface area (Å²) >= 11 is 0. The van der Waals surface area contributed by atoms with Gasteiger partial charge in [0.2, 0.25) is 0 Å². The minimum absolute atomic E-state index is 0.254. The molecule has 4 heteroatoms. The smallest absolute Gasteiger partial charge is 0.165 e. The van der Waals surface area contributed by atoms with E-state index in [1.54, 1.807) is 13.2 Å². The molecule has 2 aliphatic rings. The summed E-state index contributed by atoms with van der Waals surface area (Å²) in [5.74, 6) is 1.32. The van der Waals surface area contributed by atoms with E-state index in [-0.39, 0.29) is 11.4 Å². The third-order valence-electron chi connectivity index (χ3n) is 5.62. The summed E-state index contributed by atoms with van der Waals surface area (Å²) < 4.78 is 19.1. The van der Waals surface area contributed by atoms with Crippen molar-refractivity contribution in [1.29, 1.82) is 0 Å². The Morgan fingerprint density at radius 1 is 1.25 bits per heavy atom. The topological polar surface area (TPSA) is 24.5 Å². The first kappa shape index (κ1) is 17.7. The van der Waals surface area contributed by atoms with Crippen molar-refractivity contribution in [3.8, 4) is 5.75 Å². The summed E-state index contributed by atoms with van der Waals surface area (Å²) in [5.41, 5.74) is 1.30. The summed E-state index contributed by atoms with van der Waals surface area (Å²) in [6.07, 6.45) is 3.62. The molecule has 134 valence electrons. The normalized spacial score (nSPS) is 25.7. The van der Waals surface area contributed by atoms with E-state index in [2.05, 4.69) is 31.0 Å². The molecule has 2 fully saturated rings. The number of methoxy groups -OCH3 is 1. The number of ether oxygens (including phenoxy) is 1. The molecule has 3 nitrogen and oxygen atoms in total. The second-order valence-corrected chi connectivity index (χ2v) is 8.32. The zero-order valence-corrected chi connectivity index (χ0v) is 15.4. The molecule has 1 N–H and O–H groups in total. The molecule has 24 heavy (non-hydrogen) atoms. The number of likely N-dealkylation sites (tertiary alicyclic amines) is 1. The van der Waals surface area contributed by atoms with Crippen molar-refractivity contribution in [1.82, 2.24) is 10.2 Å². The van der Waals surface area contributed by atoms with Crippen molar-refractivity contribution < 1.29 is 9.13 Å². The van der Waals surface area contributed by atoms with E-state index in [0.717, 1.165) is 24.4 Å². The zero-order chi connectivity index (χ0) is 17.3. The van der Waals surface area contributed by atoms with Crippen LogP contribution in [0.4, 0.5) is 4.39 Å². The molecule has 1 heterocycles. The fraction of sp³-hybridized carbons (Fsp3) is 0.700. The number of para-hydroxylation sites is 1. The number of nitrogens with zero attached hydrogens (tertiary/aromatic N) is 1. The number of nitrogens with one attached hydrogen (secondary N) is 1. The molecule has 1 aliphatic heterocycles. The minimum Gasteiger partial charge on any atom is -0.493 e. The molecular weight excluding hydrogens is 303 g/mol. The predicted octanol–water partition coefficient (Wildman–Crippen LogP) is 3.79. The highest BCUT2D eigenvalue weighted by Crippen LogP contribution is 2.45. The van der Waals surface area contributed by atoms with Crippen molar-refractivity contribution in [2.24, 2.45) is 5.92 Å². The number of halogens is 1. The largest absolute Gasteiger partial charge is 0.493 e. The maximum absolute atomic E-state index is 13.8. The van der Waals surface area contributed by atoms with Crippen molar-refractivity contribution in [3.63, 3.8) is 0 Å². The van der Waals surface area contributed by atoms with E-state index in [0.29, 0.717) is 17.7 Å². The number of rotatable bonds is 5. The average Bonchev–Trinajstić information content (AvgIpc) is 3.31. The summed E-state index contributed by atoms with van der Waals surface area (Å²) in [5, 5.41) is 3.70. The highest BCUT2D eigenvalue weighted by atomic mass is 19.1. The Kier molecular flexibility index (Phi) is 5.16. The molecule has 0 aromatic heterocycles. The molecule has 3 rings (SSSR count). The van der Waals surface area contributed by atoms with Gasteiger partial charge in [-0.2, -0.15) is 0 Å². The SMILES string of the molecule is COc1c(F)cccc1[C@@H]1C[C@H]1NCC1CCN(C(C)(C)C)CC1. The van der Waals surface area contributed by atoms with Gasteiger partial charge in [0.15, 0.2) is 11.6 Å².